The summed E-state index contributed by atoms with van der Waals surface area (Å²) in [6.45, 7) is 13.0. The van der Waals surface area contributed by atoms with Crippen LogP contribution in [0.5, 0.6) is 0 Å². The molecule has 1 N–H and O–H groups in total. The van der Waals surface area contributed by atoms with Crippen molar-refractivity contribution in [2.75, 3.05) is 31.6 Å². The van der Waals surface area contributed by atoms with Crippen molar-refractivity contribution in [1.29, 1.82) is 0 Å². The van der Waals surface area contributed by atoms with Gasteiger partial charge in [0.05, 0.1) is 30.6 Å². The Balaban J connectivity index is 1.31. The van der Waals surface area contributed by atoms with Crippen LogP contribution >= 0.6 is 11.6 Å². The normalized spacial score (nSPS) is 24.0. The number of nitrogens with one attached hydrogen (secondary N) is 1. The monoisotopic (exact) mass is 480 g/mol. The van der Waals surface area contributed by atoms with Gasteiger partial charge in [0.15, 0.2) is 0 Å². The molecule has 180 valence electrons. The molecule has 3 aromatic rings. The number of hydrogen-bond donors (Lipinski definition) is 1. The molecular formula is C26H33ClN6O. The van der Waals surface area contributed by atoms with Crippen molar-refractivity contribution < 1.29 is 4.74 Å². The van der Waals surface area contributed by atoms with E-state index in [4.69, 9.17) is 21.3 Å². The van der Waals surface area contributed by atoms with E-state index in [1.54, 1.807) is 6.20 Å². The molecule has 0 aliphatic carbocycles. The van der Waals surface area contributed by atoms with E-state index in [9.17, 15) is 0 Å². The number of piperidine rings is 1. The predicted molar refractivity (Wildman–Crippen MR) is 137 cm³/mol. The highest BCUT2D eigenvalue weighted by Gasteiger charge is 2.43. The van der Waals surface area contributed by atoms with Crippen molar-refractivity contribution in [3.05, 3.63) is 54.0 Å². The maximum Gasteiger partial charge on any atom is 0.227 e. The summed E-state index contributed by atoms with van der Waals surface area (Å²) in [5, 5.41) is 9.39. The standard InChI is InChI=1S/C26H33ClN6O/c1-4-5-8-33-15-21(14-29-33)30-25-28-13-20-11-23(27)22(12-24(20)31-25)19-6-9-32(10-7-19)26(3)17-34-16-18(26)2/h4,11-15,18-19H,1,5-10,16-17H2,2-3H3,(H,28,30,31)/t18-,26+/m1/s1. The molecule has 5 rings (SSSR count). The van der Waals surface area contributed by atoms with Gasteiger partial charge in [0, 0.05) is 34.9 Å². The lowest BCUT2D eigenvalue weighted by Gasteiger charge is -2.44. The second-order valence-corrected chi connectivity index (χ2v) is 10.3. The molecule has 0 saturated carbocycles. The number of aromatic nitrogens is 4. The summed E-state index contributed by atoms with van der Waals surface area (Å²) >= 11 is 6.74. The lowest BCUT2D eigenvalue weighted by Crippen LogP contribution is -2.53. The van der Waals surface area contributed by atoms with Crippen LogP contribution in [0.4, 0.5) is 11.6 Å². The number of benzene rings is 1. The summed E-state index contributed by atoms with van der Waals surface area (Å²) in [6, 6.07) is 4.16. The summed E-state index contributed by atoms with van der Waals surface area (Å²) in [5.74, 6) is 1.55. The third-order valence-corrected chi connectivity index (χ3v) is 7.96. The zero-order valence-corrected chi connectivity index (χ0v) is 20.8. The maximum absolute atomic E-state index is 6.74. The lowest BCUT2D eigenvalue weighted by atomic mass is 9.83. The SMILES string of the molecule is C=CCCn1cc(Nc2ncc3cc(Cl)c(C4CCN([C@@]5(C)COC[C@H]5C)CC4)cc3n2)cn1. The van der Waals surface area contributed by atoms with Crippen LogP contribution < -0.4 is 5.32 Å². The molecule has 0 radical (unpaired) electrons. The molecule has 4 heterocycles. The highest BCUT2D eigenvalue weighted by Crippen LogP contribution is 2.39. The van der Waals surface area contributed by atoms with E-state index in [2.05, 4.69) is 46.8 Å². The minimum Gasteiger partial charge on any atom is -0.379 e. The number of fused-ring (bicyclic) bond motifs is 1. The Bertz CT molecular complexity index is 1170. The summed E-state index contributed by atoms with van der Waals surface area (Å²) in [5.41, 5.74) is 3.11. The Labute approximate surface area is 206 Å². The Morgan fingerprint density at radius 1 is 1.29 bits per heavy atom. The largest absolute Gasteiger partial charge is 0.379 e. The van der Waals surface area contributed by atoms with Crippen LogP contribution in [0.2, 0.25) is 5.02 Å². The van der Waals surface area contributed by atoms with Crippen molar-refractivity contribution >= 4 is 34.1 Å². The van der Waals surface area contributed by atoms with E-state index in [0.29, 0.717) is 17.8 Å². The van der Waals surface area contributed by atoms with Gasteiger partial charge in [0.2, 0.25) is 5.95 Å². The number of rotatable bonds is 7. The van der Waals surface area contributed by atoms with Crippen LogP contribution in [0.25, 0.3) is 10.9 Å². The molecule has 0 amide bonds. The van der Waals surface area contributed by atoms with E-state index >= 15 is 0 Å². The Hall–Kier alpha value is -2.48. The first-order chi connectivity index (χ1) is 16.5. The van der Waals surface area contributed by atoms with E-state index in [0.717, 1.165) is 73.7 Å². The molecule has 0 bridgehead atoms. The first-order valence-corrected chi connectivity index (χ1v) is 12.5. The second kappa shape index (κ2) is 9.64. The number of anilines is 2. The van der Waals surface area contributed by atoms with Gasteiger partial charge in [0.1, 0.15) is 0 Å². The van der Waals surface area contributed by atoms with Gasteiger partial charge in [-0.1, -0.05) is 24.6 Å². The molecule has 8 heteroatoms. The molecule has 2 aromatic heterocycles. The quantitative estimate of drug-likeness (QED) is 0.456. The van der Waals surface area contributed by atoms with Gasteiger partial charge < -0.3 is 10.1 Å². The molecule has 34 heavy (non-hydrogen) atoms. The van der Waals surface area contributed by atoms with E-state index < -0.39 is 0 Å². The molecular weight excluding hydrogens is 448 g/mol. The Morgan fingerprint density at radius 2 is 2.12 bits per heavy atom. The van der Waals surface area contributed by atoms with Crippen LogP contribution in [-0.4, -0.2) is 56.5 Å². The van der Waals surface area contributed by atoms with Crippen LogP contribution in [-0.2, 0) is 11.3 Å². The smallest absolute Gasteiger partial charge is 0.227 e. The van der Waals surface area contributed by atoms with Gasteiger partial charge in [0.25, 0.3) is 0 Å². The summed E-state index contributed by atoms with van der Waals surface area (Å²) in [6.07, 6.45) is 10.5. The fourth-order valence-corrected chi connectivity index (χ4v) is 5.54. The number of likely N-dealkylation sites (tertiary alicyclic amines) is 1. The third-order valence-electron chi connectivity index (χ3n) is 7.63. The Morgan fingerprint density at radius 3 is 2.85 bits per heavy atom. The molecule has 2 fully saturated rings. The number of aryl methyl sites for hydroxylation is 1. The van der Waals surface area contributed by atoms with Crippen molar-refractivity contribution in [1.82, 2.24) is 24.6 Å². The highest BCUT2D eigenvalue weighted by molar-refractivity contribution is 6.32. The van der Waals surface area contributed by atoms with Crippen LogP contribution in [0.3, 0.4) is 0 Å². The van der Waals surface area contributed by atoms with Gasteiger partial charge in [-0.3, -0.25) is 9.58 Å². The van der Waals surface area contributed by atoms with Crippen molar-refractivity contribution in [3.63, 3.8) is 0 Å². The predicted octanol–water partition coefficient (Wildman–Crippen LogP) is 5.40. The molecule has 2 saturated heterocycles. The van der Waals surface area contributed by atoms with Crippen LogP contribution in [0.1, 0.15) is 44.6 Å². The Kier molecular flexibility index (Phi) is 6.60. The zero-order valence-electron chi connectivity index (χ0n) is 20.0. The number of hydrogen-bond acceptors (Lipinski definition) is 6. The maximum atomic E-state index is 6.74. The van der Waals surface area contributed by atoms with E-state index in [1.807, 2.05) is 29.2 Å². The van der Waals surface area contributed by atoms with Crippen molar-refractivity contribution in [2.24, 2.45) is 5.92 Å². The van der Waals surface area contributed by atoms with Gasteiger partial charge in [-0.15, -0.1) is 6.58 Å². The second-order valence-electron chi connectivity index (χ2n) is 9.86. The summed E-state index contributed by atoms with van der Waals surface area (Å²) in [7, 11) is 0. The van der Waals surface area contributed by atoms with Gasteiger partial charge in [-0.05, 0) is 68.8 Å². The van der Waals surface area contributed by atoms with Crippen LogP contribution in [0.15, 0.2) is 43.4 Å². The molecule has 1 aromatic carbocycles. The zero-order chi connectivity index (χ0) is 23.7. The molecule has 2 aliphatic rings. The molecule has 0 spiro atoms. The number of nitrogens with zero attached hydrogens (tertiary/aromatic N) is 5. The van der Waals surface area contributed by atoms with Gasteiger partial charge in [-0.2, -0.15) is 5.10 Å². The van der Waals surface area contributed by atoms with E-state index in [-0.39, 0.29) is 5.54 Å². The number of halogens is 1. The number of ether oxygens (including phenoxy) is 1. The fourth-order valence-electron chi connectivity index (χ4n) is 5.21. The van der Waals surface area contributed by atoms with Crippen LogP contribution in [0, 0.1) is 5.92 Å². The average Bonchev–Trinajstić information content (AvgIpc) is 3.43. The highest BCUT2D eigenvalue weighted by atomic mass is 35.5. The minimum absolute atomic E-state index is 0.144. The summed E-state index contributed by atoms with van der Waals surface area (Å²) < 4.78 is 7.67. The van der Waals surface area contributed by atoms with Crippen molar-refractivity contribution in [3.8, 4) is 0 Å². The van der Waals surface area contributed by atoms with Gasteiger partial charge in [-0.25, -0.2) is 9.97 Å². The fraction of sp³-hybridized carbons (Fsp3) is 0.500. The molecule has 7 nitrogen and oxygen atoms in total. The number of allylic oxidation sites excluding steroid dienone is 1. The molecule has 2 aliphatic heterocycles. The minimum atomic E-state index is 0.144. The van der Waals surface area contributed by atoms with E-state index in [1.165, 1.54) is 5.56 Å². The topological polar surface area (TPSA) is 68.1 Å². The third kappa shape index (κ3) is 4.57. The first-order valence-electron chi connectivity index (χ1n) is 12.2. The first kappa shape index (κ1) is 23.3. The molecule has 0 unspecified atom stereocenters. The summed E-state index contributed by atoms with van der Waals surface area (Å²) in [4.78, 5) is 11.9. The molecule has 2 atom stereocenters. The lowest BCUT2D eigenvalue weighted by molar-refractivity contribution is 0.0434. The van der Waals surface area contributed by atoms with Crippen molar-refractivity contribution in [2.45, 2.75) is 51.1 Å². The average molecular weight is 481 g/mol. The van der Waals surface area contributed by atoms with Gasteiger partial charge >= 0.3 is 0 Å².